The summed E-state index contributed by atoms with van der Waals surface area (Å²) < 4.78 is 64.3. The van der Waals surface area contributed by atoms with E-state index < -0.39 is 46.6 Å². The summed E-state index contributed by atoms with van der Waals surface area (Å²) >= 11 is 0. The van der Waals surface area contributed by atoms with E-state index in [0.29, 0.717) is 12.4 Å². The number of sulfonamides is 1. The molecule has 0 saturated heterocycles. The SMILES string of the molecule is CC(COc1ccc(C(=O)NCC(NS(=O)(=O)c2ccccc2)C(=O)O)cc1)NC1=NCCN1.O=C(O)C(F)(F)F. The number of guanidine groups is 1. The minimum absolute atomic E-state index is 0.0138. The highest BCUT2D eigenvalue weighted by Gasteiger charge is 2.38. The zero-order valence-corrected chi connectivity index (χ0v) is 22.3. The summed E-state index contributed by atoms with van der Waals surface area (Å²) in [6, 6.07) is 12.2. The first-order valence-corrected chi connectivity index (χ1v) is 13.3. The van der Waals surface area contributed by atoms with Crippen molar-refractivity contribution in [3.63, 3.8) is 0 Å². The highest BCUT2D eigenvalue weighted by molar-refractivity contribution is 7.89. The molecule has 1 heterocycles. The van der Waals surface area contributed by atoms with Gasteiger partial charge in [0.15, 0.2) is 5.96 Å². The van der Waals surface area contributed by atoms with Gasteiger partial charge < -0.3 is 30.9 Å². The van der Waals surface area contributed by atoms with Crippen molar-refractivity contribution in [2.45, 2.75) is 30.1 Å². The molecule has 2 unspecified atom stereocenters. The molecule has 3 rings (SSSR count). The van der Waals surface area contributed by atoms with Crippen LogP contribution in [-0.4, -0.2) is 86.9 Å². The van der Waals surface area contributed by atoms with E-state index in [9.17, 15) is 36.3 Å². The van der Waals surface area contributed by atoms with Crippen LogP contribution in [0.3, 0.4) is 0 Å². The molecule has 0 fully saturated rings. The minimum Gasteiger partial charge on any atom is -0.491 e. The second kappa shape index (κ2) is 14.8. The molecule has 2 aromatic rings. The van der Waals surface area contributed by atoms with E-state index in [-0.39, 0.29) is 16.5 Å². The van der Waals surface area contributed by atoms with Crippen molar-refractivity contribution in [1.29, 1.82) is 0 Å². The van der Waals surface area contributed by atoms with E-state index in [1.807, 2.05) is 6.92 Å². The van der Waals surface area contributed by atoms with Crippen LogP contribution in [0.5, 0.6) is 5.75 Å². The number of carboxylic acids is 2. The third-order valence-corrected chi connectivity index (χ3v) is 6.52. The fourth-order valence-electron chi connectivity index (χ4n) is 3.02. The predicted molar refractivity (Wildman–Crippen MR) is 139 cm³/mol. The Balaban J connectivity index is 0.000000745. The van der Waals surface area contributed by atoms with Crippen LogP contribution in [-0.2, 0) is 19.6 Å². The minimum atomic E-state index is -5.08. The maximum Gasteiger partial charge on any atom is 0.490 e. The van der Waals surface area contributed by atoms with Gasteiger partial charge in [0.25, 0.3) is 5.91 Å². The number of hydrogen-bond donors (Lipinski definition) is 6. The van der Waals surface area contributed by atoms with Crippen LogP contribution >= 0.6 is 0 Å². The Bertz CT molecular complexity index is 1320. The average Bonchev–Trinajstić information content (AvgIpc) is 3.43. The van der Waals surface area contributed by atoms with E-state index in [1.165, 1.54) is 36.4 Å². The molecule has 2 aromatic carbocycles. The van der Waals surface area contributed by atoms with Gasteiger partial charge in [-0.25, -0.2) is 13.2 Å². The lowest BCUT2D eigenvalue weighted by molar-refractivity contribution is -0.192. The molecule has 41 heavy (non-hydrogen) atoms. The van der Waals surface area contributed by atoms with E-state index >= 15 is 0 Å². The van der Waals surface area contributed by atoms with Gasteiger partial charge in [0.05, 0.1) is 17.5 Å². The summed E-state index contributed by atoms with van der Waals surface area (Å²) in [5.41, 5.74) is 0.276. The second-order valence-electron chi connectivity index (χ2n) is 8.38. The van der Waals surface area contributed by atoms with Crippen molar-refractivity contribution in [1.82, 2.24) is 20.7 Å². The number of aliphatic imine (C=N–C) groups is 1. The summed E-state index contributed by atoms with van der Waals surface area (Å²) in [4.78, 5) is 37.0. The lowest BCUT2D eigenvalue weighted by Gasteiger charge is -2.17. The van der Waals surface area contributed by atoms with Crippen LogP contribution in [0.25, 0.3) is 0 Å². The van der Waals surface area contributed by atoms with Gasteiger partial charge >= 0.3 is 18.1 Å². The van der Waals surface area contributed by atoms with Crippen LogP contribution in [0.1, 0.15) is 17.3 Å². The zero-order chi connectivity index (χ0) is 30.6. The highest BCUT2D eigenvalue weighted by Crippen LogP contribution is 2.14. The Morgan fingerprint density at radius 1 is 1.07 bits per heavy atom. The highest BCUT2D eigenvalue weighted by atomic mass is 32.2. The molecule has 1 aliphatic rings. The van der Waals surface area contributed by atoms with E-state index in [2.05, 4.69) is 25.7 Å². The van der Waals surface area contributed by atoms with Gasteiger partial charge in [0.2, 0.25) is 10.0 Å². The molecular formula is C24H28F3N5O8S. The summed E-state index contributed by atoms with van der Waals surface area (Å²) in [6.07, 6.45) is -5.08. The van der Waals surface area contributed by atoms with E-state index in [1.54, 1.807) is 18.2 Å². The van der Waals surface area contributed by atoms with Crippen molar-refractivity contribution in [2.24, 2.45) is 4.99 Å². The fraction of sp³-hybridized carbons (Fsp3) is 0.333. The molecule has 1 amide bonds. The summed E-state index contributed by atoms with van der Waals surface area (Å²) in [7, 11) is -4.06. The third-order valence-electron chi connectivity index (χ3n) is 5.03. The maximum absolute atomic E-state index is 12.4. The lowest BCUT2D eigenvalue weighted by atomic mass is 10.2. The molecule has 2 atom stereocenters. The number of halogens is 3. The number of carbonyl (C=O) groups is 3. The van der Waals surface area contributed by atoms with Gasteiger partial charge in [0.1, 0.15) is 18.4 Å². The summed E-state index contributed by atoms with van der Waals surface area (Å²) in [5.74, 6) is -3.41. The molecule has 6 N–H and O–H groups in total. The van der Waals surface area contributed by atoms with E-state index in [0.717, 1.165) is 19.0 Å². The normalized spacial score (nSPS) is 14.3. The van der Waals surface area contributed by atoms with Gasteiger partial charge in [-0.2, -0.15) is 17.9 Å². The largest absolute Gasteiger partial charge is 0.491 e. The van der Waals surface area contributed by atoms with Crippen LogP contribution in [0, 0.1) is 0 Å². The van der Waals surface area contributed by atoms with Crippen molar-refractivity contribution in [2.75, 3.05) is 26.2 Å². The molecule has 0 saturated carbocycles. The number of carbonyl (C=O) groups excluding carboxylic acids is 1. The lowest BCUT2D eigenvalue weighted by Crippen LogP contribution is -2.48. The number of ether oxygens (including phenoxy) is 1. The Morgan fingerprint density at radius 3 is 2.20 bits per heavy atom. The Morgan fingerprint density at radius 2 is 1.68 bits per heavy atom. The Hall–Kier alpha value is -4.38. The zero-order valence-electron chi connectivity index (χ0n) is 21.5. The molecule has 0 radical (unpaired) electrons. The number of carboxylic acid groups (broad SMARTS) is 2. The smallest absolute Gasteiger partial charge is 0.490 e. The topological polar surface area (TPSA) is 196 Å². The third kappa shape index (κ3) is 11.3. The first-order chi connectivity index (χ1) is 19.2. The van der Waals surface area contributed by atoms with Crippen LogP contribution < -0.4 is 25.4 Å². The number of alkyl halides is 3. The number of nitrogens with zero attached hydrogens (tertiary/aromatic N) is 1. The standard InChI is InChI=1S/C22H27N5O6S.C2HF3O2/c1-15(26-22-23-11-12-24-22)14-33-17-9-7-16(8-10-17)20(28)25-13-19(21(29)30)27-34(31,32)18-5-3-2-4-6-18;3-2(4,5)1(6)7/h2-10,15,19,27H,11-14H2,1H3,(H,25,28)(H,29,30)(H2,23,24,26);(H,6,7). The van der Waals surface area contributed by atoms with Gasteiger partial charge in [-0.15, -0.1) is 0 Å². The van der Waals surface area contributed by atoms with Gasteiger partial charge in [0, 0.05) is 18.7 Å². The first kappa shape index (κ1) is 32.8. The first-order valence-electron chi connectivity index (χ1n) is 11.8. The maximum atomic E-state index is 12.4. The quantitative estimate of drug-likeness (QED) is 0.214. The van der Waals surface area contributed by atoms with Crippen LogP contribution in [0.2, 0.25) is 0 Å². The number of hydrogen-bond acceptors (Lipinski definition) is 9. The van der Waals surface area contributed by atoms with Crippen molar-refractivity contribution >= 4 is 33.8 Å². The molecule has 224 valence electrons. The molecule has 0 aromatic heterocycles. The predicted octanol–water partition coefficient (Wildman–Crippen LogP) is 0.798. The molecule has 0 bridgehead atoms. The molecule has 17 heteroatoms. The molecule has 1 aliphatic heterocycles. The molecule has 0 aliphatic carbocycles. The monoisotopic (exact) mass is 603 g/mol. The van der Waals surface area contributed by atoms with Gasteiger partial charge in [-0.05, 0) is 43.3 Å². The van der Waals surface area contributed by atoms with Gasteiger partial charge in [-0.1, -0.05) is 18.2 Å². The number of aliphatic carboxylic acids is 2. The summed E-state index contributed by atoms with van der Waals surface area (Å²) in [5, 5.41) is 25.3. The van der Waals surface area contributed by atoms with Crippen LogP contribution in [0.15, 0.2) is 64.5 Å². The van der Waals surface area contributed by atoms with Gasteiger partial charge in [-0.3, -0.25) is 14.6 Å². The average molecular weight is 604 g/mol. The Labute approximate surface area is 232 Å². The fourth-order valence-corrected chi connectivity index (χ4v) is 4.23. The van der Waals surface area contributed by atoms with Crippen molar-refractivity contribution in [3.05, 3.63) is 60.2 Å². The molecule has 0 spiro atoms. The molecular weight excluding hydrogens is 575 g/mol. The van der Waals surface area contributed by atoms with Crippen molar-refractivity contribution < 1.29 is 50.9 Å². The van der Waals surface area contributed by atoms with Crippen molar-refractivity contribution in [3.8, 4) is 5.75 Å². The second-order valence-corrected chi connectivity index (χ2v) is 10.1. The number of rotatable bonds is 11. The summed E-state index contributed by atoms with van der Waals surface area (Å²) in [6.45, 7) is 3.46. The number of amides is 1. The number of nitrogens with one attached hydrogen (secondary N) is 4. The van der Waals surface area contributed by atoms with E-state index in [4.69, 9.17) is 14.6 Å². The Kier molecular flexibility index (Phi) is 11.9. The molecule has 13 nitrogen and oxygen atoms in total. The van der Waals surface area contributed by atoms with Crippen LogP contribution in [0.4, 0.5) is 13.2 Å². The number of benzene rings is 2.